The van der Waals surface area contributed by atoms with E-state index >= 15 is 0 Å². The monoisotopic (exact) mass is 252 g/mol. The highest BCUT2D eigenvalue weighted by molar-refractivity contribution is 9.09. The van der Waals surface area contributed by atoms with Crippen LogP contribution in [-0.2, 0) is 0 Å². The van der Waals surface area contributed by atoms with E-state index in [4.69, 9.17) is 23.2 Å². The number of hydrogen-bond donors (Lipinski definition) is 0. The molecule has 0 spiro atoms. The average Bonchev–Trinajstić information content (AvgIpc) is 1.85. The molecule has 0 N–H and O–H groups in total. The Hall–Kier alpha value is 0.280. The highest BCUT2D eigenvalue weighted by Crippen LogP contribution is 2.30. The number of halogens is 3. The van der Waals surface area contributed by atoms with Crippen molar-refractivity contribution in [1.82, 2.24) is 0 Å². The second-order valence-electron chi connectivity index (χ2n) is 2.28. The molecule has 1 aromatic carbocycles. The van der Waals surface area contributed by atoms with E-state index in [2.05, 4.69) is 15.9 Å². The van der Waals surface area contributed by atoms with Crippen molar-refractivity contribution in [3.63, 3.8) is 0 Å². The lowest BCUT2D eigenvalue weighted by molar-refractivity contribution is 1.12. The SMILES string of the molecule is C[C@@H](Br)c1ccc(Cl)cc1Cl. The van der Waals surface area contributed by atoms with Crippen molar-refractivity contribution in [3.05, 3.63) is 33.8 Å². The Morgan fingerprint density at radius 3 is 2.45 bits per heavy atom. The van der Waals surface area contributed by atoms with E-state index in [0.717, 1.165) is 5.56 Å². The van der Waals surface area contributed by atoms with E-state index < -0.39 is 0 Å². The predicted octanol–water partition coefficient (Wildman–Crippen LogP) is 4.45. The van der Waals surface area contributed by atoms with E-state index in [-0.39, 0.29) is 4.83 Å². The minimum Gasteiger partial charge on any atom is -0.0843 e. The standard InChI is InChI=1S/C8H7BrCl2/c1-5(9)7-3-2-6(10)4-8(7)11/h2-5H,1H3/t5-/m1/s1. The number of rotatable bonds is 1. The van der Waals surface area contributed by atoms with Gasteiger partial charge in [-0.25, -0.2) is 0 Å². The Bertz CT molecular complexity index is 258. The van der Waals surface area contributed by atoms with Gasteiger partial charge in [0.05, 0.1) is 0 Å². The molecule has 11 heavy (non-hydrogen) atoms. The van der Waals surface area contributed by atoms with Gasteiger partial charge < -0.3 is 0 Å². The van der Waals surface area contributed by atoms with Crippen molar-refractivity contribution in [3.8, 4) is 0 Å². The maximum absolute atomic E-state index is 5.91. The van der Waals surface area contributed by atoms with E-state index in [9.17, 15) is 0 Å². The molecular formula is C8H7BrCl2. The summed E-state index contributed by atoms with van der Waals surface area (Å²) in [6, 6.07) is 5.50. The first kappa shape index (κ1) is 9.37. The zero-order chi connectivity index (χ0) is 8.43. The third kappa shape index (κ3) is 2.36. The summed E-state index contributed by atoms with van der Waals surface area (Å²) in [4.78, 5) is 0.271. The molecule has 0 aliphatic heterocycles. The molecule has 1 atom stereocenters. The van der Waals surface area contributed by atoms with E-state index in [0.29, 0.717) is 10.0 Å². The molecule has 0 nitrogen and oxygen atoms in total. The lowest BCUT2D eigenvalue weighted by Gasteiger charge is -2.05. The van der Waals surface area contributed by atoms with E-state index in [1.165, 1.54) is 0 Å². The molecule has 0 aromatic heterocycles. The van der Waals surface area contributed by atoms with E-state index in [1.807, 2.05) is 19.1 Å². The Balaban J connectivity index is 3.09. The van der Waals surface area contributed by atoms with Gasteiger partial charge in [-0.05, 0) is 24.6 Å². The van der Waals surface area contributed by atoms with Crippen LogP contribution in [-0.4, -0.2) is 0 Å². The van der Waals surface area contributed by atoms with Gasteiger partial charge in [0, 0.05) is 14.9 Å². The van der Waals surface area contributed by atoms with Gasteiger partial charge in [-0.2, -0.15) is 0 Å². The van der Waals surface area contributed by atoms with Crippen LogP contribution in [0.15, 0.2) is 18.2 Å². The highest BCUT2D eigenvalue weighted by atomic mass is 79.9. The molecular weight excluding hydrogens is 247 g/mol. The molecule has 60 valence electrons. The first-order valence-electron chi connectivity index (χ1n) is 3.20. The second kappa shape index (κ2) is 3.79. The highest BCUT2D eigenvalue weighted by Gasteiger charge is 2.05. The molecule has 0 heterocycles. The molecule has 0 aliphatic rings. The van der Waals surface area contributed by atoms with Gasteiger partial charge in [-0.1, -0.05) is 45.2 Å². The number of alkyl halides is 1. The number of benzene rings is 1. The first-order valence-corrected chi connectivity index (χ1v) is 4.87. The Labute approximate surface area is 84.6 Å². The zero-order valence-corrected chi connectivity index (χ0v) is 9.04. The summed E-state index contributed by atoms with van der Waals surface area (Å²) in [5, 5.41) is 1.38. The minimum atomic E-state index is 0.271. The van der Waals surface area contributed by atoms with Crippen molar-refractivity contribution in [1.29, 1.82) is 0 Å². The fraction of sp³-hybridized carbons (Fsp3) is 0.250. The van der Waals surface area contributed by atoms with Crippen molar-refractivity contribution < 1.29 is 0 Å². The minimum absolute atomic E-state index is 0.271. The van der Waals surface area contributed by atoms with Crippen LogP contribution in [0.3, 0.4) is 0 Å². The Morgan fingerprint density at radius 1 is 1.36 bits per heavy atom. The van der Waals surface area contributed by atoms with Crippen LogP contribution in [0.1, 0.15) is 17.3 Å². The van der Waals surface area contributed by atoms with Crippen LogP contribution < -0.4 is 0 Å². The molecule has 3 heteroatoms. The van der Waals surface area contributed by atoms with Gasteiger partial charge in [0.2, 0.25) is 0 Å². The summed E-state index contributed by atoms with van der Waals surface area (Å²) >= 11 is 15.1. The molecule has 1 aromatic rings. The maximum atomic E-state index is 5.91. The molecule has 0 aliphatic carbocycles. The fourth-order valence-electron chi connectivity index (χ4n) is 0.824. The van der Waals surface area contributed by atoms with Gasteiger partial charge in [-0.15, -0.1) is 0 Å². The zero-order valence-electron chi connectivity index (χ0n) is 5.94. The molecule has 0 bridgehead atoms. The van der Waals surface area contributed by atoms with E-state index in [1.54, 1.807) is 6.07 Å². The van der Waals surface area contributed by atoms with Gasteiger partial charge in [0.25, 0.3) is 0 Å². The predicted molar refractivity (Wildman–Crippen MR) is 53.8 cm³/mol. The Kier molecular flexibility index (Phi) is 3.23. The molecule has 0 radical (unpaired) electrons. The molecule has 0 unspecified atom stereocenters. The second-order valence-corrected chi connectivity index (χ2v) is 4.50. The topological polar surface area (TPSA) is 0 Å². The van der Waals surface area contributed by atoms with Gasteiger partial charge in [0.15, 0.2) is 0 Å². The quantitative estimate of drug-likeness (QED) is 0.649. The van der Waals surface area contributed by atoms with Crippen molar-refractivity contribution in [2.45, 2.75) is 11.8 Å². The van der Waals surface area contributed by atoms with Crippen LogP contribution in [0.2, 0.25) is 10.0 Å². The van der Waals surface area contributed by atoms with Crippen LogP contribution in [0.25, 0.3) is 0 Å². The molecule has 0 amide bonds. The fourth-order valence-corrected chi connectivity index (χ4v) is 1.93. The smallest absolute Gasteiger partial charge is 0.0464 e. The lowest BCUT2D eigenvalue weighted by atomic mass is 10.2. The van der Waals surface area contributed by atoms with Crippen LogP contribution in [0.4, 0.5) is 0 Å². The molecule has 0 fully saturated rings. The normalized spacial score (nSPS) is 13.1. The van der Waals surface area contributed by atoms with Crippen molar-refractivity contribution in [2.24, 2.45) is 0 Å². The van der Waals surface area contributed by atoms with Crippen LogP contribution >= 0.6 is 39.1 Å². The summed E-state index contributed by atoms with van der Waals surface area (Å²) in [6.45, 7) is 2.02. The van der Waals surface area contributed by atoms with Crippen LogP contribution in [0, 0.1) is 0 Å². The number of hydrogen-bond acceptors (Lipinski definition) is 0. The molecule has 0 saturated carbocycles. The summed E-state index contributed by atoms with van der Waals surface area (Å²) in [7, 11) is 0. The third-order valence-electron chi connectivity index (χ3n) is 1.39. The van der Waals surface area contributed by atoms with Crippen molar-refractivity contribution >= 4 is 39.1 Å². The lowest BCUT2D eigenvalue weighted by Crippen LogP contribution is -1.84. The summed E-state index contributed by atoms with van der Waals surface area (Å²) in [6.07, 6.45) is 0. The Morgan fingerprint density at radius 2 is 2.00 bits per heavy atom. The third-order valence-corrected chi connectivity index (χ3v) is 2.45. The molecule has 1 rings (SSSR count). The van der Waals surface area contributed by atoms with Gasteiger partial charge in [-0.3, -0.25) is 0 Å². The van der Waals surface area contributed by atoms with Gasteiger partial charge in [0.1, 0.15) is 0 Å². The summed E-state index contributed by atoms with van der Waals surface area (Å²) in [5.41, 5.74) is 1.07. The van der Waals surface area contributed by atoms with Crippen molar-refractivity contribution in [2.75, 3.05) is 0 Å². The molecule has 0 saturated heterocycles. The maximum Gasteiger partial charge on any atom is 0.0464 e. The largest absolute Gasteiger partial charge is 0.0843 e. The van der Waals surface area contributed by atoms with Gasteiger partial charge >= 0.3 is 0 Å². The first-order chi connectivity index (χ1) is 5.11. The van der Waals surface area contributed by atoms with Crippen LogP contribution in [0.5, 0.6) is 0 Å². The summed E-state index contributed by atoms with van der Waals surface area (Å²) < 4.78 is 0. The average molecular weight is 254 g/mol. The summed E-state index contributed by atoms with van der Waals surface area (Å²) in [5.74, 6) is 0.